The van der Waals surface area contributed by atoms with Crippen LogP contribution in [0.2, 0.25) is 0 Å². The summed E-state index contributed by atoms with van der Waals surface area (Å²) in [6.45, 7) is 8.95. The molecule has 2 rings (SSSR count). The van der Waals surface area contributed by atoms with Gasteiger partial charge in [0.05, 0.1) is 0 Å². The third-order valence-corrected chi connectivity index (χ3v) is 3.93. The molecule has 0 radical (unpaired) electrons. The van der Waals surface area contributed by atoms with Crippen molar-refractivity contribution >= 4 is 5.69 Å². The molecule has 0 saturated carbocycles. The summed E-state index contributed by atoms with van der Waals surface area (Å²) in [5, 5.41) is 0. The van der Waals surface area contributed by atoms with Gasteiger partial charge in [0.15, 0.2) is 0 Å². The van der Waals surface area contributed by atoms with E-state index < -0.39 is 0 Å². The molecular weight excluding hydrogens is 230 g/mol. The average Bonchev–Trinajstić information content (AvgIpc) is 2.39. The first-order valence-corrected chi connectivity index (χ1v) is 6.87. The summed E-state index contributed by atoms with van der Waals surface area (Å²) in [6.07, 6.45) is 0. The van der Waals surface area contributed by atoms with E-state index in [1.165, 1.54) is 16.7 Å². The highest BCUT2D eigenvalue weighted by molar-refractivity contribution is 5.45. The molecule has 0 bridgehead atoms. The quantitative estimate of drug-likeness (QED) is 0.787. The van der Waals surface area contributed by atoms with Gasteiger partial charge < -0.3 is 5.73 Å². The van der Waals surface area contributed by atoms with Crippen molar-refractivity contribution in [3.8, 4) is 0 Å². The summed E-state index contributed by atoms with van der Waals surface area (Å²) in [5.41, 5.74) is 10.6. The fourth-order valence-corrected chi connectivity index (χ4v) is 2.35. The molecule has 0 heterocycles. The van der Waals surface area contributed by atoms with Crippen LogP contribution in [0.4, 0.5) is 5.69 Å². The van der Waals surface area contributed by atoms with E-state index in [1.807, 2.05) is 12.1 Å². The lowest BCUT2D eigenvalue weighted by molar-refractivity contribution is 0.640. The summed E-state index contributed by atoms with van der Waals surface area (Å²) in [6, 6.07) is 17.1. The molecule has 19 heavy (non-hydrogen) atoms. The Labute approximate surface area is 116 Å². The maximum Gasteiger partial charge on any atom is 0.0314 e. The number of hydrogen-bond donors (Lipinski definition) is 1. The van der Waals surface area contributed by atoms with Crippen LogP contribution in [0.5, 0.6) is 0 Å². The number of nitrogens with two attached hydrogens (primary N) is 1. The van der Waals surface area contributed by atoms with Gasteiger partial charge in [0.2, 0.25) is 0 Å². The van der Waals surface area contributed by atoms with Crippen molar-refractivity contribution < 1.29 is 0 Å². The van der Waals surface area contributed by atoms with Crippen LogP contribution in [0.3, 0.4) is 0 Å². The Morgan fingerprint density at radius 3 is 1.63 bits per heavy atom. The Bertz CT molecular complexity index is 533. The van der Waals surface area contributed by atoms with Crippen molar-refractivity contribution in [2.45, 2.75) is 39.0 Å². The first-order valence-electron chi connectivity index (χ1n) is 6.87. The second kappa shape index (κ2) is 5.08. The highest BCUT2D eigenvalue weighted by atomic mass is 14.5. The van der Waals surface area contributed by atoms with E-state index in [4.69, 9.17) is 5.73 Å². The van der Waals surface area contributed by atoms with E-state index >= 15 is 0 Å². The molecule has 0 unspecified atom stereocenters. The van der Waals surface area contributed by atoms with Gasteiger partial charge in [-0.1, -0.05) is 64.1 Å². The van der Waals surface area contributed by atoms with Crippen LogP contribution in [-0.4, -0.2) is 0 Å². The van der Waals surface area contributed by atoms with E-state index in [1.54, 1.807) is 0 Å². The first-order chi connectivity index (χ1) is 8.91. The van der Waals surface area contributed by atoms with Crippen LogP contribution >= 0.6 is 0 Å². The Morgan fingerprint density at radius 2 is 1.21 bits per heavy atom. The standard InChI is InChI=1S/C18H23N/c1-13(2)14-5-7-15(8-6-14)18(3,4)16-9-11-17(19)12-10-16/h5-13H,19H2,1-4H3. The first kappa shape index (κ1) is 13.7. The van der Waals surface area contributed by atoms with Gasteiger partial charge in [0.25, 0.3) is 0 Å². The number of nitrogen functional groups attached to an aromatic ring is 1. The normalized spacial score (nSPS) is 11.8. The topological polar surface area (TPSA) is 26.0 Å². The summed E-state index contributed by atoms with van der Waals surface area (Å²) in [7, 11) is 0. The zero-order chi connectivity index (χ0) is 14.0. The van der Waals surface area contributed by atoms with Gasteiger partial charge in [0.1, 0.15) is 0 Å². The maximum absolute atomic E-state index is 5.76. The van der Waals surface area contributed by atoms with Gasteiger partial charge in [-0.3, -0.25) is 0 Å². The minimum absolute atomic E-state index is 0.00318. The van der Waals surface area contributed by atoms with E-state index in [-0.39, 0.29) is 5.41 Å². The van der Waals surface area contributed by atoms with Crippen molar-refractivity contribution in [1.29, 1.82) is 0 Å². The predicted octanol–water partition coefficient (Wildman–Crippen LogP) is 4.72. The van der Waals surface area contributed by atoms with Gasteiger partial charge in [-0.05, 0) is 34.7 Å². The van der Waals surface area contributed by atoms with E-state index in [0.717, 1.165) is 5.69 Å². The van der Waals surface area contributed by atoms with Crippen LogP contribution < -0.4 is 5.73 Å². The lowest BCUT2D eigenvalue weighted by Gasteiger charge is -2.26. The third kappa shape index (κ3) is 2.81. The van der Waals surface area contributed by atoms with Crippen LogP contribution in [0.1, 0.15) is 50.3 Å². The smallest absolute Gasteiger partial charge is 0.0314 e. The molecule has 0 aliphatic heterocycles. The maximum atomic E-state index is 5.76. The molecule has 0 aliphatic rings. The number of hydrogen-bond acceptors (Lipinski definition) is 1. The third-order valence-electron chi connectivity index (χ3n) is 3.93. The van der Waals surface area contributed by atoms with Gasteiger partial charge >= 0.3 is 0 Å². The molecular formula is C18H23N. The summed E-state index contributed by atoms with van der Waals surface area (Å²) in [4.78, 5) is 0. The summed E-state index contributed by atoms with van der Waals surface area (Å²) in [5.74, 6) is 0.577. The lowest BCUT2D eigenvalue weighted by atomic mass is 9.77. The molecule has 1 heteroatoms. The molecule has 0 aliphatic carbocycles. The molecule has 2 aromatic carbocycles. The zero-order valence-electron chi connectivity index (χ0n) is 12.3. The molecule has 0 aromatic heterocycles. The highest BCUT2D eigenvalue weighted by Gasteiger charge is 2.22. The van der Waals surface area contributed by atoms with Crippen LogP contribution in [0, 0.1) is 0 Å². The molecule has 0 atom stereocenters. The van der Waals surface area contributed by atoms with Gasteiger partial charge in [-0.2, -0.15) is 0 Å². The fraction of sp³-hybridized carbons (Fsp3) is 0.333. The van der Waals surface area contributed by atoms with Crippen molar-refractivity contribution in [2.75, 3.05) is 5.73 Å². The van der Waals surface area contributed by atoms with Crippen LogP contribution in [0.15, 0.2) is 48.5 Å². The van der Waals surface area contributed by atoms with Crippen molar-refractivity contribution in [3.63, 3.8) is 0 Å². The summed E-state index contributed by atoms with van der Waals surface area (Å²) < 4.78 is 0. The second-order valence-electron chi connectivity index (χ2n) is 6.02. The molecule has 0 saturated heterocycles. The van der Waals surface area contributed by atoms with Gasteiger partial charge in [0, 0.05) is 11.1 Å². The second-order valence-corrected chi connectivity index (χ2v) is 6.02. The zero-order valence-corrected chi connectivity index (χ0v) is 12.3. The monoisotopic (exact) mass is 253 g/mol. The predicted molar refractivity (Wildman–Crippen MR) is 83.5 cm³/mol. The van der Waals surface area contributed by atoms with Crippen molar-refractivity contribution in [3.05, 3.63) is 65.2 Å². The number of rotatable bonds is 3. The van der Waals surface area contributed by atoms with Crippen LogP contribution in [-0.2, 0) is 5.41 Å². The molecule has 0 fully saturated rings. The molecule has 100 valence electrons. The molecule has 0 spiro atoms. The average molecular weight is 253 g/mol. The Hall–Kier alpha value is -1.76. The molecule has 1 nitrogen and oxygen atoms in total. The minimum Gasteiger partial charge on any atom is -0.399 e. The number of anilines is 1. The SMILES string of the molecule is CC(C)c1ccc(C(C)(C)c2ccc(N)cc2)cc1. The number of benzene rings is 2. The van der Waals surface area contributed by atoms with Gasteiger partial charge in [-0.15, -0.1) is 0 Å². The highest BCUT2D eigenvalue weighted by Crippen LogP contribution is 2.32. The molecule has 2 aromatic rings. The van der Waals surface area contributed by atoms with E-state index in [0.29, 0.717) is 5.92 Å². The van der Waals surface area contributed by atoms with E-state index in [2.05, 4.69) is 64.1 Å². The minimum atomic E-state index is 0.00318. The molecule has 2 N–H and O–H groups in total. The lowest BCUT2D eigenvalue weighted by Crippen LogP contribution is -2.18. The van der Waals surface area contributed by atoms with Gasteiger partial charge in [-0.25, -0.2) is 0 Å². The Balaban J connectivity index is 2.35. The van der Waals surface area contributed by atoms with Crippen molar-refractivity contribution in [2.24, 2.45) is 0 Å². The van der Waals surface area contributed by atoms with Crippen LogP contribution in [0.25, 0.3) is 0 Å². The van der Waals surface area contributed by atoms with E-state index in [9.17, 15) is 0 Å². The largest absolute Gasteiger partial charge is 0.399 e. The Kier molecular flexibility index (Phi) is 3.66. The summed E-state index contributed by atoms with van der Waals surface area (Å²) >= 11 is 0. The fourth-order valence-electron chi connectivity index (χ4n) is 2.35. The molecule has 0 amide bonds. The van der Waals surface area contributed by atoms with Crippen molar-refractivity contribution in [1.82, 2.24) is 0 Å². The Morgan fingerprint density at radius 1 is 0.789 bits per heavy atom.